The number of carbonyl (C=O) groups is 2. The summed E-state index contributed by atoms with van der Waals surface area (Å²) in [4.78, 5) is 38.4. The first-order valence-corrected chi connectivity index (χ1v) is 6.59. The number of carboxylic acid groups (broad SMARTS) is 1. The van der Waals surface area contributed by atoms with Crippen LogP contribution in [0, 0.1) is 0 Å². The van der Waals surface area contributed by atoms with Crippen LogP contribution in [0.25, 0.3) is 0 Å². The van der Waals surface area contributed by atoms with E-state index < -0.39 is 23.1 Å². The Morgan fingerprint density at radius 3 is 2.65 bits per heavy atom. The number of amides is 1. The molecule has 7 nitrogen and oxygen atoms in total. The van der Waals surface area contributed by atoms with E-state index in [-0.39, 0.29) is 6.54 Å². The average molecular weight is 279 g/mol. The Kier molecular flexibility index (Phi) is 4.16. The van der Waals surface area contributed by atoms with Crippen molar-refractivity contribution in [3.8, 4) is 0 Å². The molecule has 7 heteroatoms. The van der Waals surface area contributed by atoms with Crippen LogP contribution in [0.2, 0.25) is 0 Å². The van der Waals surface area contributed by atoms with Gasteiger partial charge in [-0.1, -0.05) is 19.3 Å². The zero-order valence-electron chi connectivity index (χ0n) is 11.0. The summed E-state index contributed by atoms with van der Waals surface area (Å²) in [5.74, 6) is -1.49. The monoisotopic (exact) mass is 279 g/mol. The van der Waals surface area contributed by atoms with Gasteiger partial charge in [0.05, 0.1) is 0 Å². The molecule has 1 saturated carbocycles. The van der Waals surface area contributed by atoms with Crippen LogP contribution in [0.3, 0.4) is 0 Å². The van der Waals surface area contributed by atoms with Gasteiger partial charge in [0.25, 0.3) is 0 Å². The Hall–Kier alpha value is -2.18. The molecule has 1 heterocycles. The maximum Gasteiger partial charge on any atom is 0.347 e. The molecule has 1 aromatic heterocycles. The van der Waals surface area contributed by atoms with E-state index >= 15 is 0 Å². The molecule has 1 amide bonds. The Bertz CT molecular complexity index is 561. The molecule has 0 spiro atoms. The molecule has 0 aromatic carbocycles. The summed E-state index contributed by atoms with van der Waals surface area (Å²) in [6.45, 7) is -0.221. The third kappa shape index (κ3) is 3.04. The first-order chi connectivity index (χ1) is 9.53. The lowest BCUT2D eigenvalue weighted by molar-refractivity contribution is -0.149. The summed E-state index contributed by atoms with van der Waals surface area (Å²) in [6, 6.07) is 1.54. The zero-order valence-corrected chi connectivity index (χ0v) is 11.0. The average Bonchev–Trinajstić information content (AvgIpc) is 2.42. The van der Waals surface area contributed by atoms with Crippen LogP contribution >= 0.6 is 0 Å². The number of hydrogen-bond donors (Lipinski definition) is 2. The SMILES string of the molecule is O=C(Cn1cccnc1=O)NC1(C(=O)O)CCCCC1. The summed E-state index contributed by atoms with van der Waals surface area (Å²) >= 11 is 0. The van der Waals surface area contributed by atoms with E-state index in [1.54, 1.807) is 6.07 Å². The summed E-state index contributed by atoms with van der Waals surface area (Å²) in [5.41, 5.74) is -1.73. The molecule has 108 valence electrons. The van der Waals surface area contributed by atoms with E-state index in [1.165, 1.54) is 12.4 Å². The van der Waals surface area contributed by atoms with Crippen molar-refractivity contribution in [2.75, 3.05) is 0 Å². The van der Waals surface area contributed by atoms with Gasteiger partial charge in [-0.05, 0) is 18.9 Å². The van der Waals surface area contributed by atoms with Crippen molar-refractivity contribution in [2.24, 2.45) is 0 Å². The molecule has 0 bridgehead atoms. The van der Waals surface area contributed by atoms with Gasteiger partial charge >= 0.3 is 11.7 Å². The minimum atomic E-state index is -1.19. The standard InChI is InChI=1S/C13H17N3O4/c17-10(9-16-8-4-7-14-12(16)20)15-13(11(18)19)5-2-1-3-6-13/h4,7-8H,1-3,5-6,9H2,(H,15,17)(H,18,19). The Balaban J connectivity index is 2.08. The van der Waals surface area contributed by atoms with E-state index in [9.17, 15) is 19.5 Å². The van der Waals surface area contributed by atoms with E-state index in [0.29, 0.717) is 12.8 Å². The third-order valence-electron chi connectivity index (χ3n) is 3.59. The zero-order chi connectivity index (χ0) is 14.6. The summed E-state index contributed by atoms with van der Waals surface area (Å²) in [7, 11) is 0. The minimum absolute atomic E-state index is 0.221. The van der Waals surface area contributed by atoms with Crippen LogP contribution in [-0.2, 0) is 16.1 Å². The first kappa shape index (κ1) is 14.2. The van der Waals surface area contributed by atoms with E-state index in [2.05, 4.69) is 10.3 Å². The van der Waals surface area contributed by atoms with Crippen LogP contribution in [0.15, 0.2) is 23.3 Å². The van der Waals surface area contributed by atoms with Crippen molar-refractivity contribution >= 4 is 11.9 Å². The lowest BCUT2D eigenvalue weighted by Crippen LogP contribution is -2.56. The van der Waals surface area contributed by atoms with Gasteiger partial charge in [0, 0.05) is 12.4 Å². The molecule has 0 saturated heterocycles. The number of carbonyl (C=O) groups excluding carboxylic acids is 1. The van der Waals surface area contributed by atoms with Crippen LogP contribution in [-0.4, -0.2) is 32.1 Å². The topological polar surface area (TPSA) is 101 Å². The number of carboxylic acids is 1. The van der Waals surface area contributed by atoms with Gasteiger partial charge in [0.1, 0.15) is 12.1 Å². The molecule has 0 atom stereocenters. The third-order valence-corrected chi connectivity index (χ3v) is 3.59. The van der Waals surface area contributed by atoms with Crippen molar-refractivity contribution in [3.63, 3.8) is 0 Å². The number of hydrogen-bond acceptors (Lipinski definition) is 4. The highest BCUT2D eigenvalue weighted by Crippen LogP contribution is 2.28. The van der Waals surface area contributed by atoms with Crippen LogP contribution < -0.4 is 11.0 Å². The molecule has 1 aliphatic rings. The fraction of sp³-hybridized carbons (Fsp3) is 0.538. The Labute approximate surface area is 115 Å². The Morgan fingerprint density at radius 1 is 1.35 bits per heavy atom. The maximum atomic E-state index is 12.0. The molecule has 2 N–H and O–H groups in total. The molecular formula is C13H17N3O4. The van der Waals surface area contributed by atoms with Crippen LogP contribution in [0.4, 0.5) is 0 Å². The quantitative estimate of drug-likeness (QED) is 0.816. The van der Waals surface area contributed by atoms with Crippen molar-refractivity contribution in [3.05, 3.63) is 28.9 Å². The largest absolute Gasteiger partial charge is 0.480 e. The lowest BCUT2D eigenvalue weighted by atomic mass is 9.81. The molecule has 1 fully saturated rings. The minimum Gasteiger partial charge on any atom is -0.480 e. The molecule has 1 aliphatic carbocycles. The molecule has 0 radical (unpaired) electrons. The molecule has 0 aliphatic heterocycles. The van der Waals surface area contributed by atoms with E-state index in [4.69, 9.17) is 0 Å². The van der Waals surface area contributed by atoms with E-state index in [0.717, 1.165) is 23.8 Å². The van der Waals surface area contributed by atoms with Gasteiger partial charge in [0.15, 0.2) is 0 Å². The number of nitrogens with one attached hydrogen (secondary N) is 1. The predicted octanol–water partition coefficient (Wildman–Crippen LogP) is 0.147. The molecule has 20 heavy (non-hydrogen) atoms. The fourth-order valence-corrected chi connectivity index (χ4v) is 2.52. The first-order valence-electron chi connectivity index (χ1n) is 6.59. The lowest BCUT2D eigenvalue weighted by Gasteiger charge is -2.34. The summed E-state index contributed by atoms with van der Waals surface area (Å²) < 4.78 is 1.15. The molecule has 1 aromatic rings. The molecule has 2 rings (SSSR count). The van der Waals surface area contributed by atoms with Gasteiger partial charge in [-0.25, -0.2) is 14.6 Å². The predicted molar refractivity (Wildman–Crippen MR) is 70.1 cm³/mol. The summed E-state index contributed by atoms with van der Waals surface area (Å²) in [6.07, 6.45) is 6.18. The number of rotatable bonds is 4. The van der Waals surface area contributed by atoms with Crippen LogP contribution in [0.5, 0.6) is 0 Å². The maximum absolute atomic E-state index is 12.0. The fourth-order valence-electron chi connectivity index (χ4n) is 2.52. The van der Waals surface area contributed by atoms with Crippen molar-refractivity contribution in [2.45, 2.75) is 44.2 Å². The normalized spacial score (nSPS) is 17.4. The highest BCUT2D eigenvalue weighted by atomic mass is 16.4. The van der Waals surface area contributed by atoms with E-state index in [1.807, 2.05) is 0 Å². The van der Waals surface area contributed by atoms with Gasteiger partial charge in [-0.15, -0.1) is 0 Å². The van der Waals surface area contributed by atoms with Crippen molar-refractivity contribution in [1.82, 2.24) is 14.9 Å². The van der Waals surface area contributed by atoms with Gasteiger partial charge in [0.2, 0.25) is 5.91 Å². The second kappa shape index (κ2) is 5.85. The van der Waals surface area contributed by atoms with Crippen molar-refractivity contribution < 1.29 is 14.7 Å². The second-order valence-corrected chi connectivity index (χ2v) is 5.03. The van der Waals surface area contributed by atoms with Crippen molar-refractivity contribution in [1.29, 1.82) is 0 Å². The molecular weight excluding hydrogens is 262 g/mol. The van der Waals surface area contributed by atoms with Gasteiger partial charge < -0.3 is 10.4 Å². The number of nitrogens with zero attached hydrogens (tertiary/aromatic N) is 2. The Morgan fingerprint density at radius 2 is 2.05 bits per heavy atom. The number of aliphatic carboxylic acids is 1. The van der Waals surface area contributed by atoms with Gasteiger partial charge in [-0.2, -0.15) is 0 Å². The second-order valence-electron chi connectivity index (χ2n) is 5.03. The smallest absolute Gasteiger partial charge is 0.347 e. The van der Waals surface area contributed by atoms with Crippen LogP contribution in [0.1, 0.15) is 32.1 Å². The highest BCUT2D eigenvalue weighted by molar-refractivity contribution is 5.87. The number of aromatic nitrogens is 2. The highest BCUT2D eigenvalue weighted by Gasteiger charge is 2.40. The summed E-state index contributed by atoms with van der Waals surface area (Å²) in [5, 5.41) is 11.9. The van der Waals surface area contributed by atoms with Gasteiger partial charge in [-0.3, -0.25) is 9.36 Å². The molecule has 0 unspecified atom stereocenters.